The highest BCUT2D eigenvalue weighted by molar-refractivity contribution is 7.88. The molecule has 0 aliphatic rings. The molecule has 7 heteroatoms. The smallest absolute Gasteiger partial charge is 0.337 e. The van der Waals surface area contributed by atoms with Gasteiger partial charge >= 0.3 is 5.97 Å². The lowest BCUT2D eigenvalue weighted by Gasteiger charge is -2.08. The molecule has 140 valence electrons. The van der Waals surface area contributed by atoms with Crippen LogP contribution in [0.15, 0.2) is 48.5 Å². The van der Waals surface area contributed by atoms with Gasteiger partial charge < -0.3 is 9.47 Å². The predicted octanol–water partition coefficient (Wildman–Crippen LogP) is 2.53. The topological polar surface area (TPSA) is 81.7 Å². The van der Waals surface area contributed by atoms with Gasteiger partial charge in [0.2, 0.25) is 10.0 Å². The molecule has 0 spiro atoms. The largest absolute Gasteiger partial charge is 0.497 e. The van der Waals surface area contributed by atoms with Crippen molar-refractivity contribution in [2.45, 2.75) is 18.6 Å². The second-order valence-corrected chi connectivity index (χ2v) is 7.60. The second kappa shape index (κ2) is 9.35. The fraction of sp³-hybridized carbons (Fsp3) is 0.316. The first-order valence-electron chi connectivity index (χ1n) is 8.21. The maximum Gasteiger partial charge on any atom is 0.337 e. The summed E-state index contributed by atoms with van der Waals surface area (Å²) >= 11 is 0. The molecule has 0 fully saturated rings. The summed E-state index contributed by atoms with van der Waals surface area (Å²) < 4.78 is 36.6. The summed E-state index contributed by atoms with van der Waals surface area (Å²) in [5.74, 6) is 0.223. The zero-order valence-corrected chi connectivity index (χ0v) is 15.7. The van der Waals surface area contributed by atoms with E-state index in [1.165, 1.54) is 7.11 Å². The van der Waals surface area contributed by atoms with Crippen molar-refractivity contribution < 1.29 is 22.7 Å². The third kappa shape index (κ3) is 6.16. The van der Waals surface area contributed by atoms with Gasteiger partial charge in [0, 0.05) is 6.54 Å². The highest BCUT2D eigenvalue weighted by Crippen LogP contribution is 2.13. The zero-order chi connectivity index (χ0) is 19.0. The minimum Gasteiger partial charge on any atom is -0.497 e. The standard InChI is InChI=1S/C19H23NO5S/c1-24-18-11-7-15(8-12-18)4-3-13-20-26(22,23)14-16-5-9-17(10-6-16)19(21)25-2/h5-12,20H,3-4,13-14H2,1-2H3. The number of nitrogens with one attached hydrogen (secondary N) is 1. The maximum absolute atomic E-state index is 12.2. The number of carbonyl (C=O) groups is 1. The van der Waals surface area contributed by atoms with Gasteiger partial charge in [0.05, 0.1) is 25.5 Å². The van der Waals surface area contributed by atoms with Gasteiger partial charge in [-0.1, -0.05) is 24.3 Å². The van der Waals surface area contributed by atoms with E-state index in [0.717, 1.165) is 17.7 Å². The Hall–Kier alpha value is -2.38. The number of esters is 1. The van der Waals surface area contributed by atoms with Gasteiger partial charge in [0.25, 0.3) is 0 Å². The fourth-order valence-corrected chi connectivity index (χ4v) is 3.63. The van der Waals surface area contributed by atoms with Crippen LogP contribution in [0.1, 0.15) is 27.9 Å². The molecule has 0 amide bonds. The molecule has 0 aliphatic heterocycles. The number of hydrogen-bond acceptors (Lipinski definition) is 5. The van der Waals surface area contributed by atoms with Crippen LogP contribution in [0, 0.1) is 0 Å². The van der Waals surface area contributed by atoms with Crippen LogP contribution in [0.3, 0.4) is 0 Å². The Morgan fingerprint density at radius 3 is 2.15 bits per heavy atom. The minimum atomic E-state index is -3.42. The predicted molar refractivity (Wildman–Crippen MR) is 99.7 cm³/mol. The van der Waals surface area contributed by atoms with Gasteiger partial charge in [-0.3, -0.25) is 0 Å². The van der Waals surface area contributed by atoms with Gasteiger partial charge in [-0.25, -0.2) is 17.9 Å². The molecule has 2 aromatic rings. The van der Waals surface area contributed by atoms with Gasteiger partial charge in [-0.15, -0.1) is 0 Å². The normalized spacial score (nSPS) is 11.2. The van der Waals surface area contributed by atoms with E-state index in [2.05, 4.69) is 9.46 Å². The minimum absolute atomic E-state index is 0.128. The van der Waals surface area contributed by atoms with E-state index in [0.29, 0.717) is 24.1 Å². The molecule has 2 aromatic carbocycles. The molecule has 0 bridgehead atoms. The number of aryl methyl sites for hydroxylation is 1. The Balaban J connectivity index is 1.79. The van der Waals surface area contributed by atoms with E-state index < -0.39 is 16.0 Å². The van der Waals surface area contributed by atoms with Gasteiger partial charge in [0.1, 0.15) is 5.75 Å². The molecule has 0 saturated heterocycles. The van der Waals surface area contributed by atoms with E-state index in [4.69, 9.17) is 4.74 Å². The first-order chi connectivity index (χ1) is 12.4. The van der Waals surface area contributed by atoms with Crippen molar-refractivity contribution in [2.24, 2.45) is 0 Å². The lowest BCUT2D eigenvalue weighted by Crippen LogP contribution is -2.26. The summed E-state index contributed by atoms with van der Waals surface area (Å²) in [5, 5.41) is 0. The average Bonchev–Trinajstić information content (AvgIpc) is 2.65. The van der Waals surface area contributed by atoms with Crippen molar-refractivity contribution in [2.75, 3.05) is 20.8 Å². The summed E-state index contributed by atoms with van der Waals surface area (Å²) in [4.78, 5) is 11.4. The highest BCUT2D eigenvalue weighted by Gasteiger charge is 2.12. The van der Waals surface area contributed by atoms with Crippen LogP contribution < -0.4 is 9.46 Å². The number of ether oxygens (including phenoxy) is 2. The first-order valence-corrected chi connectivity index (χ1v) is 9.86. The Morgan fingerprint density at radius 1 is 0.962 bits per heavy atom. The summed E-state index contributed by atoms with van der Waals surface area (Å²) in [6.45, 7) is 0.370. The van der Waals surface area contributed by atoms with E-state index in [-0.39, 0.29) is 5.75 Å². The van der Waals surface area contributed by atoms with Crippen LogP contribution in [0.25, 0.3) is 0 Å². The summed E-state index contributed by atoms with van der Waals surface area (Å²) in [6.07, 6.45) is 1.48. The summed E-state index contributed by atoms with van der Waals surface area (Å²) in [7, 11) is -0.505. The van der Waals surface area contributed by atoms with Crippen molar-refractivity contribution in [3.05, 3.63) is 65.2 Å². The third-order valence-electron chi connectivity index (χ3n) is 3.85. The van der Waals surface area contributed by atoms with Crippen LogP contribution in [0.4, 0.5) is 0 Å². The van der Waals surface area contributed by atoms with E-state index in [1.807, 2.05) is 24.3 Å². The molecule has 2 rings (SSSR count). The molecule has 0 heterocycles. The first kappa shape index (κ1) is 19.9. The number of carbonyl (C=O) groups excluding carboxylic acids is 1. The van der Waals surface area contributed by atoms with Crippen LogP contribution >= 0.6 is 0 Å². The van der Waals surface area contributed by atoms with Gasteiger partial charge in [-0.2, -0.15) is 0 Å². The molecular weight excluding hydrogens is 354 g/mol. The van der Waals surface area contributed by atoms with Crippen LogP contribution in [0.5, 0.6) is 5.75 Å². The van der Waals surface area contributed by atoms with Crippen LogP contribution in [-0.4, -0.2) is 35.2 Å². The van der Waals surface area contributed by atoms with E-state index in [1.54, 1.807) is 31.4 Å². The Labute approximate surface area is 154 Å². The molecule has 0 radical (unpaired) electrons. The van der Waals surface area contributed by atoms with Gasteiger partial charge in [-0.05, 0) is 48.2 Å². The number of sulfonamides is 1. The van der Waals surface area contributed by atoms with Crippen LogP contribution in [-0.2, 0) is 26.9 Å². The third-order valence-corrected chi connectivity index (χ3v) is 5.21. The maximum atomic E-state index is 12.2. The van der Waals surface area contributed by atoms with Crippen molar-refractivity contribution in [3.63, 3.8) is 0 Å². The number of benzene rings is 2. The number of hydrogen-bond donors (Lipinski definition) is 1. The molecule has 26 heavy (non-hydrogen) atoms. The number of rotatable bonds is 9. The molecule has 0 aromatic heterocycles. The summed E-state index contributed by atoms with van der Waals surface area (Å²) in [5.41, 5.74) is 2.13. The Morgan fingerprint density at radius 2 is 1.58 bits per heavy atom. The van der Waals surface area contributed by atoms with Crippen molar-refractivity contribution in [3.8, 4) is 5.75 Å². The molecule has 1 N–H and O–H groups in total. The van der Waals surface area contributed by atoms with Crippen LogP contribution in [0.2, 0.25) is 0 Å². The van der Waals surface area contributed by atoms with Gasteiger partial charge in [0.15, 0.2) is 0 Å². The SMILES string of the molecule is COC(=O)c1ccc(CS(=O)(=O)NCCCc2ccc(OC)cc2)cc1. The van der Waals surface area contributed by atoms with E-state index >= 15 is 0 Å². The molecule has 0 atom stereocenters. The molecule has 0 saturated carbocycles. The highest BCUT2D eigenvalue weighted by atomic mass is 32.2. The average molecular weight is 377 g/mol. The Bertz CT molecular complexity index is 814. The second-order valence-electron chi connectivity index (χ2n) is 5.79. The fourth-order valence-electron chi connectivity index (χ4n) is 2.44. The van der Waals surface area contributed by atoms with Crippen molar-refractivity contribution in [1.82, 2.24) is 4.72 Å². The zero-order valence-electron chi connectivity index (χ0n) is 14.9. The lowest BCUT2D eigenvalue weighted by atomic mass is 10.1. The molecule has 0 aliphatic carbocycles. The monoisotopic (exact) mass is 377 g/mol. The summed E-state index contributed by atoms with van der Waals surface area (Å²) in [6, 6.07) is 14.0. The molecular formula is C19H23NO5S. The van der Waals surface area contributed by atoms with E-state index in [9.17, 15) is 13.2 Å². The molecule has 6 nitrogen and oxygen atoms in total. The van der Waals surface area contributed by atoms with Crippen molar-refractivity contribution >= 4 is 16.0 Å². The molecule has 0 unspecified atom stereocenters. The van der Waals surface area contributed by atoms with Crippen molar-refractivity contribution in [1.29, 1.82) is 0 Å². The number of methoxy groups -OCH3 is 2. The quantitative estimate of drug-likeness (QED) is 0.536. The lowest BCUT2D eigenvalue weighted by molar-refractivity contribution is 0.0600. The Kier molecular flexibility index (Phi) is 7.17.